The highest BCUT2D eigenvalue weighted by atomic mass is 15.2. The number of nitrogens with zero attached hydrogens (tertiary/aromatic N) is 1. The van der Waals surface area contributed by atoms with Crippen LogP contribution in [-0.4, -0.2) is 23.5 Å². The van der Waals surface area contributed by atoms with Crippen LogP contribution in [0.4, 0.5) is 0 Å². The van der Waals surface area contributed by atoms with Gasteiger partial charge in [-0.1, -0.05) is 33.6 Å². The zero-order valence-electron chi connectivity index (χ0n) is 11.8. The second-order valence-electron chi connectivity index (χ2n) is 7.56. The summed E-state index contributed by atoms with van der Waals surface area (Å²) < 4.78 is 0. The normalized spacial score (nSPS) is 30.8. The van der Waals surface area contributed by atoms with Crippen molar-refractivity contribution in [1.82, 2.24) is 4.90 Å². The Morgan fingerprint density at radius 1 is 1.12 bits per heavy atom. The van der Waals surface area contributed by atoms with E-state index >= 15 is 0 Å². The lowest BCUT2D eigenvalue weighted by molar-refractivity contribution is 0.110. The van der Waals surface area contributed by atoms with Gasteiger partial charge in [-0.05, 0) is 43.9 Å². The van der Waals surface area contributed by atoms with Gasteiger partial charge in [-0.3, -0.25) is 4.90 Å². The van der Waals surface area contributed by atoms with Crippen molar-refractivity contribution in [3.05, 3.63) is 0 Å². The molecule has 16 heavy (non-hydrogen) atoms. The van der Waals surface area contributed by atoms with Crippen molar-refractivity contribution in [2.45, 2.75) is 78.8 Å². The van der Waals surface area contributed by atoms with Crippen LogP contribution in [0, 0.1) is 10.8 Å². The van der Waals surface area contributed by atoms with Gasteiger partial charge in [0.2, 0.25) is 0 Å². The minimum absolute atomic E-state index is 0.441. The highest BCUT2D eigenvalue weighted by Gasteiger charge is 2.49. The Bertz CT molecular complexity index is 243. The van der Waals surface area contributed by atoms with Crippen LogP contribution in [0.3, 0.4) is 0 Å². The lowest BCUT2D eigenvalue weighted by Crippen LogP contribution is -2.43. The number of hydrogen-bond donors (Lipinski definition) is 0. The monoisotopic (exact) mass is 223 g/mol. The third-order valence-corrected chi connectivity index (χ3v) is 4.87. The Balaban J connectivity index is 2.17. The Morgan fingerprint density at radius 2 is 1.69 bits per heavy atom. The van der Waals surface area contributed by atoms with Gasteiger partial charge in [-0.15, -0.1) is 0 Å². The van der Waals surface area contributed by atoms with Crippen LogP contribution in [0.15, 0.2) is 0 Å². The summed E-state index contributed by atoms with van der Waals surface area (Å²) in [5.74, 6) is 0. The van der Waals surface area contributed by atoms with E-state index in [1.807, 2.05) is 0 Å². The molecule has 0 aromatic rings. The molecule has 0 bridgehead atoms. The highest BCUT2D eigenvalue weighted by Crippen LogP contribution is 2.51. The van der Waals surface area contributed by atoms with Crippen molar-refractivity contribution in [2.24, 2.45) is 10.8 Å². The van der Waals surface area contributed by atoms with E-state index in [-0.39, 0.29) is 0 Å². The second kappa shape index (κ2) is 4.01. The van der Waals surface area contributed by atoms with Crippen molar-refractivity contribution in [2.75, 3.05) is 6.54 Å². The van der Waals surface area contributed by atoms with E-state index in [1.54, 1.807) is 0 Å². The molecule has 1 saturated heterocycles. The number of likely N-dealkylation sites (tertiary alicyclic amines) is 1. The van der Waals surface area contributed by atoms with E-state index in [0.717, 1.165) is 6.04 Å². The first-order valence-electron chi connectivity index (χ1n) is 7.10. The third kappa shape index (κ3) is 2.16. The molecule has 1 spiro atoms. The van der Waals surface area contributed by atoms with Gasteiger partial charge in [0.15, 0.2) is 0 Å². The van der Waals surface area contributed by atoms with E-state index < -0.39 is 0 Å². The number of hydrogen-bond acceptors (Lipinski definition) is 1. The molecule has 1 aliphatic carbocycles. The minimum Gasteiger partial charge on any atom is -0.297 e. The van der Waals surface area contributed by atoms with Crippen LogP contribution < -0.4 is 0 Å². The first-order chi connectivity index (χ1) is 7.34. The van der Waals surface area contributed by atoms with Crippen molar-refractivity contribution >= 4 is 0 Å². The quantitative estimate of drug-likeness (QED) is 0.647. The van der Waals surface area contributed by atoms with E-state index in [9.17, 15) is 0 Å². The second-order valence-corrected chi connectivity index (χ2v) is 7.56. The molecule has 94 valence electrons. The smallest absolute Gasteiger partial charge is 0.0152 e. The largest absolute Gasteiger partial charge is 0.297 e. The van der Waals surface area contributed by atoms with Gasteiger partial charge in [0.25, 0.3) is 0 Å². The van der Waals surface area contributed by atoms with Crippen LogP contribution in [0.1, 0.15) is 66.7 Å². The Labute approximate surface area is 102 Å². The molecule has 1 heterocycles. The third-order valence-electron chi connectivity index (χ3n) is 4.87. The molecule has 0 aromatic carbocycles. The Morgan fingerprint density at radius 3 is 2.06 bits per heavy atom. The molecular formula is C15H29N. The highest BCUT2D eigenvalue weighted by molar-refractivity contribution is 5.02. The fourth-order valence-corrected chi connectivity index (χ4v) is 3.92. The summed E-state index contributed by atoms with van der Waals surface area (Å²) in [6.45, 7) is 13.4. The molecule has 1 unspecified atom stereocenters. The van der Waals surface area contributed by atoms with Crippen molar-refractivity contribution in [3.63, 3.8) is 0 Å². The number of rotatable bonds is 1. The fourth-order valence-electron chi connectivity index (χ4n) is 3.92. The van der Waals surface area contributed by atoms with Gasteiger partial charge in [-0.25, -0.2) is 0 Å². The molecule has 0 aromatic heterocycles. The lowest BCUT2D eigenvalue weighted by Gasteiger charge is -2.37. The van der Waals surface area contributed by atoms with Crippen molar-refractivity contribution in [3.8, 4) is 0 Å². The minimum atomic E-state index is 0.441. The Kier molecular flexibility index (Phi) is 3.11. The van der Waals surface area contributed by atoms with Gasteiger partial charge in [0.05, 0.1) is 0 Å². The summed E-state index contributed by atoms with van der Waals surface area (Å²) in [5, 5.41) is 0. The topological polar surface area (TPSA) is 3.24 Å². The lowest BCUT2D eigenvalue weighted by atomic mass is 9.77. The SMILES string of the molecule is CC(C)N1CC2(CCCC2)CC1C(C)(C)C. The molecule has 0 amide bonds. The molecule has 1 aliphatic heterocycles. The standard InChI is InChI=1S/C15H29N/c1-12(2)16-11-15(8-6-7-9-15)10-13(16)14(3,4)5/h12-13H,6-11H2,1-5H3. The molecular weight excluding hydrogens is 194 g/mol. The first kappa shape index (κ1) is 12.4. The van der Waals surface area contributed by atoms with Gasteiger partial charge in [-0.2, -0.15) is 0 Å². The van der Waals surface area contributed by atoms with Crippen LogP contribution in [0.5, 0.6) is 0 Å². The predicted octanol–water partition coefficient (Wildman–Crippen LogP) is 4.08. The van der Waals surface area contributed by atoms with Crippen molar-refractivity contribution < 1.29 is 0 Å². The summed E-state index contributed by atoms with van der Waals surface area (Å²) in [6, 6.07) is 1.51. The molecule has 1 saturated carbocycles. The van der Waals surface area contributed by atoms with E-state index in [2.05, 4.69) is 39.5 Å². The van der Waals surface area contributed by atoms with Gasteiger partial charge in [0, 0.05) is 18.6 Å². The molecule has 0 N–H and O–H groups in total. The molecule has 2 fully saturated rings. The summed E-state index contributed by atoms with van der Waals surface area (Å²) in [5.41, 5.74) is 1.14. The van der Waals surface area contributed by atoms with Crippen LogP contribution in [-0.2, 0) is 0 Å². The van der Waals surface area contributed by atoms with Crippen LogP contribution in [0.2, 0.25) is 0 Å². The molecule has 0 radical (unpaired) electrons. The van der Waals surface area contributed by atoms with Gasteiger partial charge in [0.1, 0.15) is 0 Å². The van der Waals surface area contributed by atoms with E-state index in [1.165, 1.54) is 38.6 Å². The van der Waals surface area contributed by atoms with Gasteiger partial charge < -0.3 is 0 Å². The summed E-state index contributed by atoms with van der Waals surface area (Å²) in [6.07, 6.45) is 7.38. The average Bonchev–Trinajstić information content (AvgIpc) is 2.73. The van der Waals surface area contributed by atoms with Gasteiger partial charge >= 0.3 is 0 Å². The van der Waals surface area contributed by atoms with Crippen LogP contribution in [0.25, 0.3) is 0 Å². The van der Waals surface area contributed by atoms with Crippen molar-refractivity contribution in [1.29, 1.82) is 0 Å². The predicted molar refractivity (Wildman–Crippen MR) is 70.6 cm³/mol. The average molecular weight is 223 g/mol. The molecule has 1 nitrogen and oxygen atoms in total. The molecule has 2 aliphatic rings. The summed E-state index contributed by atoms with van der Waals surface area (Å²) in [7, 11) is 0. The first-order valence-corrected chi connectivity index (χ1v) is 7.10. The van der Waals surface area contributed by atoms with Crippen LogP contribution >= 0.6 is 0 Å². The maximum atomic E-state index is 2.78. The zero-order chi connectivity index (χ0) is 12.0. The maximum absolute atomic E-state index is 2.78. The fraction of sp³-hybridized carbons (Fsp3) is 1.00. The van der Waals surface area contributed by atoms with E-state index in [4.69, 9.17) is 0 Å². The Hall–Kier alpha value is -0.0400. The summed E-state index contributed by atoms with van der Waals surface area (Å²) in [4.78, 5) is 2.78. The molecule has 1 atom stereocenters. The summed E-state index contributed by atoms with van der Waals surface area (Å²) >= 11 is 0. The van der Waals surface area contributed by atoms with E-state index in [0.29, 0.717) is 16.9 Å². The molecule has 1 heteroatoms. The zero-order valence-corrected chi connectivity index (χ0v) is 11.8. The molecule has 2 rings (SSSR count). The maximum Gasteiger partial charge on any atom is 0.0152 e.